The van der Waals surface area contributed by atoms with Crippen molar-refractivity contribution < 1.29 is 9.53 Å². The number of hydrogen-bond donors (Lipinski definition) is 0. The van der Waals surface area contributed by atoms with Crippen LogP contribution in [0.5, 0.6) is 0 Å². The van der Waals surface area contributed by atoms with E-state index < -0.39 is 0 Å². The minimum Gasteiger partial charge on any atom is -0.379 e. The van der Waals surface area contributed by atoms with E-state index in [-0.39, 0.29) is 18.1 Å². The van der Waals surface area contributed by atoms with Gasteiger partial charge in [-0.2, -0.15) is 5.10 Å². The highest BCUT2D eigenvalue weighted by molar-refractivity contribution is 5.95. The van der Waals surface area contributed by atoms with E-state index in [0.717, 1.165) is 31.5 Å². The van der Waals surface area contributed by atoms with Crippen LogP contribution in [0.1, 0.15) is 34.5 Å². The van der Waals surface area contributed by atoms with Gasteiger partial charge in [-0.05, 0) is 31.7 Å². The van der Waals surface area contributed by atoms with E-state index in [4.69, 9.17) is 4.74 Å². The quantitative estimate of drug-likeness (QED) is 0.867. The number of amides is 1. The van der Waals surface area contributed by atoms with Gasteiger partial charge in [0, 0.05) is 26.4 Å². The number of nitrogens with zero attached hydrogens (tertiary/aromatic N) is 3. The zero-order valence-corrected chi connectivity index (χ0v) is 14.6. The number of hydrogen-bond acceptors (Lipinski definition) is 3. The molecule has 2 aromatic rings. The molecule has 0 aliphatic carbocycles. The maximum Gasteiger partial charge on any atom is 0.257 e. The van der Waals surface area contributed by atoms with Gasteiger partial charge in [-0.15, -0.1) is 0 Å². The molecule has 1 aromatic heterocycles. The molecule has 128 valence electrons. The van der Waals surface area contributed by atoms with Crippen molar-refractivity contribution in [2.75, 3.05) is 13.7 Å². The number of likely N-dealkylation sites (tertiary alicyclic amines) is 1. The Labute approximate surface area is 143 Å². The van der Waals surface area contributed by atoms with Crippen LogP contribution < -0.4 is 0 Å². The Balaban J connectivity index is 1.88. The van der Waals surface area contributed by atoms with Gasteiger partial charge in [-0.25, -0.2) is 0 Å². The summed E-state index contributed by atoms with van der Waals surface area (Å²) in [7, 11) is 3.60. The summed E-state index contributed by atoms with van der Waals surface area (Å²) in [6, 6.07) is 10.4. The smallest absolute Gasteiger partial charge is 0.257 e. The van der Waals surface area contributed by atoms with Crippen molar-refractivity contribution in [1.82, 2.24) is 14.7 Å². The van der Waals surface area contributed by atoms with Gasteiger partial charge in [0.1, 0.15) is 0 Å². The monoisotopic (exact) mass is 327 g/mol. The molecule has 5 heteroatoms. The molecule has 2 heterocycles. The normalized spacial score (nSPS) is 21.0. The Morgan fingerprint density at radius 3 is 2.71 bits per heavy atom. The van der Waals surface area contributed by atoms with Crippen molar-refractivity contribution >= 4 is 5.91 Å². The van der Waals surface area contributed by atoms with E-state index in [1.807, 2.05) is 37.1 Å². The zero-order valence-electron chi connectivity index (χ0n) is 14.6. The van der Waals surface area contributed by atoms with E-state index in [1.54, 1.807) is 18.0 Å². The van der Waals surface area contributed by atoms with Crippen LogP contribution in [0.3, 0.4) is 0 Å². The largest absolute Gasteiger partial charge is 0.379 e. The fourth-order valence-corrected chi connectivity index (χ4v) is 3.51. The predicted octanol–water partition coefficient (Wildman–Crippen LogP) is 2.59. The molecule has 0 N–H and O–H groups in total. The molecule has 1 fully saturated rings. The van der Waals surface area contributed by atoms with Crippen LogP contribution in [0.15, 0.2) is 36.5 Å². The molecule has 0 radical (unpaired) electrons. The molecule has 5 nitrogen and oxygen atoms in total. The van der Waals surface area contributed by atoms with Crippen molar-refractivity contribution in [3.05, 3.63) is 53.3 Å². The van der Waals surface area contributed by atoms with Gasteiger partial charge >= 0.3 is 0 Å². The van der Waals surface area contributed by atoms with Crippen LogP contribution in [0.25, 0.3) is 0 Å². The summed E-state index contributed by atoms with van der Waals surface area (Å²) in [5, 5.41) is 4.22. The van der Waals surface area contributed by atoms with Crippen molar-refractivity contribution in [2.24, 2.45) is 7.05 Å². The third-order valence-electron chi connectivity index (χ3n) is 5.03. The Hall–Kier alpha value is -2.14. The van der Waals surface area contributed by atoms with Crippen LogP contribution in [-0.2, 0) is 18.2 Å². The summed E-state index contributed by atoms with van der Waals surface area (Å²) in [5.41, 5.74) is 2.82. The standard InChI is InChI=1S/C19H25N3O2/c1-14-16(13-20-21(14)2)19(23)22-11-7-10-18(24-3)17(22)12-15-8-5-4-6-9-15/h4-6,8-9,13,17-18H,7,10-12H2,1-3H3/t17-,18-/m0/s1. The second kappa shape index (κ2) is 7.18. The van der Waals surface area contributed by atoms with Crippen LogP contribution in [0.2, 0.25) is 0 Å². The fraction of sp³-hybridized carbons (Fsp3) is 0.474. The van der Waals surface area contributed by atoms with Crippen molar-refractivity contribution in [1.29, 1.82) is 0 Å². The lowest BCUT2D eigenvalue weighted by Crippen LogP contribution is -2.52. The molecule has 1 aliphatic heterocycles. The van der Waals surface area contributed by atoms with Crippen molar-refractivity contribution in [3.8, 4) is 0 Å². The van der Waals surface area contributed by atoms with Crippen LogP contribution >= 0.6 is 0 Å². The number of benzene rings is 1. The highest BCUT2D eigenvalue weighted by Gasteiger charge is 2.35. The van der Waals surface area contributed by atoms with E-state index in [2.05, 4.69) is 17.2 Å². The van der Waals surface area contributed by atoms with Crippen LogP contribution in [0.4, 0.5) is 0 Å². The number of rotatable bonds is 4. The fourth-order valence-electron chi connectivity index (χ4n) is 3.51. The molecular formula is C19H25N3O2. The van der Waals surface area contributed by atoms with E-state index in [1.165, 1.54) is 5.56 Å². The maximum atomic E-state index is 13.1. The predicted molar refractivity (Wildman–Crippen MR) is 92.9 cm³/mol. The van der Waals surface area contributed by atoms with Crippen molar-refractivity contribution in [2.45, 2.75) is 38.3 Å². The molecule has 0 spiro atoms. The number of aryl methyl sites for hydroxylation is 1. The molecule has 1 amide bonds. The third-order valence-corrected chi connectivity index (χ3v) is 5.03. The van der Waals surface area contributed by atoms with Gasteiger partial charge in [0.15, 0.2) is 0 Å². The lowest BCUT2D eigenvalue weighted by molar-refractivity contribution is -0.0117. The minimum absolute atomic E-state index is 0.0539. The van der Waals surface area contributed by atoms with Gasteiger partial charge < -0.3 is 9.64 Å². The number of ether oxygens (including phenoxy) is 1. The Morgan fingerprint density at radius 2 is 2.08 bits per heavy atom. The summed E-state index contributed by atoms with van der Waals surface area (Å²) in [6.07, 6.45) is 4.51. The molecule has 24 heavy (non-hydrogen) atoms. The van der Waals surface area contributed by atoms with Crippen molar-refractivity contribution in [3.63, 3.8) is 0 Å². The molecule has 0 bridgehead atoms. The highest BCUT2D eigenvalue weighted by atomic mass is 16.5. The summed E-state index contributed by atoms with van der Waals surface area (Å²) in [6.45, 7) is 2.70. The molecule has 3 rings (SSSR count). The zero-order chi connectivity index (χ0) is 17.1. The van der Waals surface area contributed by atoms with Gasteiger partial charge in [0.05, 0.1) is 23.9 Å². The van der Waals surface area contributed by atoms with E-state index in [0.29, 0.717) is 5.56 Å². The highest BCUT2D eigenvalue weighted by Crippen LogP contribution is 2.26. The first-order valence-electron chi connectivity index (χ1n) is 8.48. The second-order valence-electron chi connectivity index (χ2n) is 6.44. The molecule has 1 aromatic carbocycles. The molecule has 1 aliphatic rings. The average molecular weight is 327 g/mol. The molecular weight excluding hydrogens is 302 g/mol. The lowest BCUT2D eigenvalue weighted by Gasteiger charge is -2.40. The maximum absolute atomic E-state index is 13.1. The van der Waals surface area contributed by atoms with E-state index >= 15 is 0 Å². The number of methoxy groups -OCH3 is 1. The molecule has 0 unspecified atom stereocenters. The van der Waals surface area contributed by atoms with Gasteiger partial charge in [0.25, 0.3) is 5.91 Å². The Kier molecular flexibility index (Phi) is 5.00. The number of carbonyl (C=O) groups excluding carboxylic acids is 1. The van der Waals surface area contributed by atoms with Gasteiger partial charge in [0.2, 0.25) is 0 Å². The van der Waals surface area contributed by atoms with Gasteiger partial charge in [-0.1, -0.05) is 30.3 Å². The van der Waals surface area contributed by atoms with E-state index in [9.17, 15) is 4.79 Å². The Bertz CT molecular complexity index is 696. The summed E-state index contributed by atoms with van der Waals surface area (Å²) in [4.78, 5) is 15.1. The first-order chi connectivity index (χ1) is 11.6. The second-order valence-corrected chi connectivity index (χ2v) is 6.44. The first kappa shape index (κ1) is 16.7. The minimum atomic E-state index is 0.0539. The summed E-state index contributed by atoms with van der Waals surface area (Å²) < 4.78 is 7.46. The van der Waals surface area contributed by atoms with Crippen LogP contribution in [-0.4, -0.2) is 46.4 Å². The number of carbonyl (C=O) groups is 1. The lowest BCUT2D eigenvalue weighted by atomic mass is 9.92. The summed E-state index contributed by atoms with van der Waals surface area (Å²) in [5.74, 6) is 0.0586. The SMILES string of the molecule is CO[C@H]1CCCN(C(=O)c2cnn(C)c2C)[C@H]1Cc1ccccc1. The third kappa shape index (κ3) is 3.22. The van der Waals surface area contributed by atoms with Gasteiger partial charge in [-0.3, -0.25) is 9.48 Å². The molecule has 0 saturated carbocycles. The topological polar surface area (TPSA) is 47.4 Å². The molecule has 1 saturated heterocycles. The molecule has 2 atom stereocenters. The number of aromatic nitrogens is 2. The Morgan fingerprint density at radius 1 is 1.33 bits per heavy atom. The first-order valence-corrected chi connectivity index (χ1v) is 8.48. The average Bonchev–Trinajstić information content (AvgIpc) is 2.94. The number of piperidine rings is 1. The summed E-state index contributed by atoms with van der Waals surface area (Å²) >= 11 is 0. The van der Waals surface area contributed by atoms with Crippen LogP contribution in [0, 0.1) is 6.92 Å².